The molecule has 0 aliphatic carbocycles. The molecule has 7 unspecified atom stereocenters. The SMILES string of the molecule is CC/C=C\C/C=C\C/C=C\C/C=C\C/C=C\C/C=C\C/C=C\C/C=C\C/C=C\C/C=C\CCCCCCCCC(=O)NC(COC1OC(CO)C(O)C(O)C1O)C(O)/C=C/CC/C=C/CC/C=C/CCCCCCCCCCCCCCCCCCCCC. The summed E-state index contributed by atoms with van der Waals surface area (Å²) in [5.41, 5.74) is 0. The van der Waals surface area contributed by atoms with Crippen LogP contribution in [0.1, 0.15) is 284 Å². The molecule has 1 amide bonds. The topological polar surface area (TPSA) is 149 Å². The number of aliphatic hydroxyl groups excluding tert-OH is 5. The number of unbranched alkanes of at least 4 members (excludes halogenated alkanes) is 27. The number of carbonyl (C=O) groups excluding carboxylic acids is 1. The Morgan fingerprint density at radius 1 is 0.393 bits per heavy atom. The number of carbonyl (C=O) groups is 1. The van der Waals surface area contributed by atoms with Crippen LogP contribution in [-0.2, 0) is 14.3 Å². The minimum Gasteiger partial charge on any atom is -0.394 e. The van der Waals surface area contributed by atoms with Gasteiger partial charge in [-0.15, -0.1) is 0 Å². The fourth-order valence-electron chi connectivity index (χ4n) is 10.5. The number of amides is 1. The van der Waals surface area contributed by atoms with Gasteiger partial charge >= 0.3 is 0 Å². The molecule has 1 fully saturated rings. The van der Waals surface area contributed by atoms with Gasteiger partial charge in [0.15, 0.2) is 6.29 Å². The first-order valence-corrected chi connectivity index (χ1v) is 36.2. The number of ether oxygens (including phenoxy) is 2. The maximum absolute atomic E-state index is 13.1. The molecule has 0 radical (unpaired) electrons. The predicted molar refractivity (Wildman–Crippen MR) is 382 cm³/mol. The van der Waals surface area contributed by atoms with Crippen molar-refractivity contribution < 1.29 is 39.8 Å². The Hall–Kier alpha value is -4.19. The van der Waals surface area contributed by atoms with Crippen molar-refractivity contribution in [1.82, 2.24) is 5.32 Å². The maximum atomic E-state index is 13.1. The van der Waals surface area contributed by atoms with Crippen LogP contribution in [0.5, 0.6) is 0 Å². The summed E-state index contributed by atoms with van der Waals surface area (Å²) in [5.74, 6) is -0.210. The molecule has 9 nitrogen and oxygen atoms in total. The Morgan fingerprint density at radius 2 is 0.708 bits per heavy atom. The molecule has 0 saturated carbocycles. The molecule has 1 saturated heterocycles. The van der Waals surface area contributed by atoms with E-state index in [1.54, 1.807) is 6.08 Å². The van der Waals surface area contributed by atoms with Gasteiger partial charge in [-0.05, 0) is 122 Å². The number of hydrogen-bond donors (Lipinski definition) is 6. The van der Waals surface area contributed by atoms with Gasteiger partial charge in [0, 0.05) is 6.42 Å². The second kappa shape index (κ2) is 66.7. The van der Waals surface area contributed by atoms with Gasteiger partial charge in [-0.3, -0.25) is 4.79 Å². The van der Waals surface area contributed by atoms with E-state index in [2.05, 4.69) is 165 Å². The maximum Gasteiger partial charge on any atom is 0.220 e. The van der Waals surface area contributed by atoms with Crippen molar-refractivity contribution >= 4 is 5.91 Å². The zero-order valence-electron chi connectivity index (χ0n) is 56.6. The third-order valence-corrected chi connectivity index (χ3v) is 16.1. The normalized spacial score (nSPS) is 18.8. The third-order valence-electron chi connectivity index (χ3n) is 16.1. The lowest BCUT2D eigenvalue weighted by Crippen LogP contribution is -2.60. The summed E-state index contributed by atoms with van der Waals surface area (Å²) in [6.45, 7) is 3.65. The molecule has 0 spiro atoms. The number of allylic oxidation sites excluding steroid dienone is 25. The highest BCUT2D eigenvalue weighted by molar-refractivity contribution is 5.76. The van der Waals surface area contributed by atoms with Crippen LogP contribution in [0.2, 0.25) is 0 Å². The Balaban J connectivity index is 2.21. The second-order valence-electron chi connectivity index (χ2n) is 24.3. The minimum absolute atomic E-state index is 0.210. The van der Waals surface area contributed by atoms with E-state index in [4.69, 9.17) is 9.47 Å². The average Bonchev–Trinajstić information content (AvgIpc) is 2.28. The van der Waals surface area contributed by atoms with Crippen LogP contribution in [0.15, 0.2) is 158 Å². The summed E-state index contributed by atoms with van der Waals surface area (Å²) in [6.07, 6.45) is 97.7. The number of rotatable bonds is 61. The van der Waals surface area contributed by atoms with Crippen LogP contribution in [0.3, 0.4) is 0 Å². The smallest absolute Gasteiger partial charge is 0.220 e. The quantitative estimate of drug-likeness (QED) is 0.0261. The molecule has 1 heterocycles. The van der Waals surface area contributed by atoms with E-state index in [-0.39, 0.29) is 12.5 Å². The van der Waals surface area contributed by atoms with Crippen molar-refractivity contribution in [2.45, 2.75) is 326 Å². The van der Waals surface area contributed by atoms with Crippen molar-refractivity contribution in [1.29, 1.82) is 0 Å². The van der Waals surface area contributed by atoms with Crippen molar-refractivity contribution in [3.05, 3.63) is 158 Å². The molecule has 0 bridgehead atoms. The minimum atomic E-state index is -1.59. The van der Waals surface area contributed by atoms with Crippen LogP contribution in [0.25, 0.3) is 0 Å². The van der Waals surface area contributed by atoms with Gasteiger partial charge in [0.2, 0.25) is 5.91 Å². The lowest BCUT2D eigenvalue weighted by molar-refractivity contribution is -0.302. The Labute approximate surface area is 546 Å². The number of hydrogen-bond acceptors (Lipinski definition) is 8. The van der Waals surface area contributed by atoms with Crippen LogP contribution < -0.4 is 5.32 Å². The van der Waals surface area contributed by atoms with Gasteiger partial charge < -0.3 is 40.3 Å². The van der Waals surface area contributed by atoms with Crippen LogP contribution >= 0.6 is 0 Å². The standard InChI is InChI=1S/C80H133NO8/c1-3-5-7-9-11-13-15-17-19-21-23-25-27-29-31-33-34-35-36-37-38-39-40-42-44-46-48-50-52-54-56-58-60-62-64-66-68-70-76(84)81-73(72-88-80-79(87)78(86)77(85)75(71-82)89-80)74(83)69-67-65-63-61-59-57-55-53-51-49-47-45-43-41-32-30-28-26-24-22-20-18-16-14-12-10-8-6-4-2/h5,7,11,13,17,19,23,25,29,31,34-35,37-38,40,42,46,48,51-54,59,61,67,69,73-75,77-80,82-83,85-87H,3-4,6,8-10,12,14-16,18,20-22,24,26-28,30,32-33,36,39,41,43-45,47,49-50,55-58,60,62-66,68,70-72H2,1-2H3,(H,81,84)/b7-5-,13-11-,19-17-,25-23-,31-29-,35-34-,38-37-,42-40-,48-46-,53-51+,54-52-,61-59+,69-67+. The van der Waals surface area contributed by atoms with Crippen molar-refractivity contribution in [2.24, 2.45) is 0 Å². The van der Waals surface area contributed by atoms with Crippen LogP contribution in [0.4, 0.5) is 0 Å². The molecule has 6 N–H and O–H groups in total. The molecule has 0 aromatic heterocycles. The molecule has 9 heteroatoms. The summed E-state index contributed by atoms with van der Waals surface area (Å²) in [7, 11) is 0. The molecule has 0 aromatic carbocycles. The van der Waals surface area contributed by atoms with Gasteiger partial charge in [0.05, 0.1) is 25.4 Å². The molecule has 1 aliphatic rings. The first-order valence-electron chi connectivity index (χ1n) is 36.2. The average molecular weight is 1240 g/mol. The largest absolute Gasteiger partial charge is 0.394 e. The molecule has 506 valence electrons. The fraction of sp³-hybridized carbons (Fsp3) is 0.662. The lowest BCUT2D eigenvalue weighted by atomic mass is 9.99. The first kappa shape index (κ1) is 82.8. The lowest BCUT2D eigenvalue weighted by Gasteiger charge is -2.40. The van der Waals surface area contributed by atoms with E-state index in [0.717, 1.165) is 141 Å². The zero-order valence-corrected chi connectivity index (χ0v) is 56.6. The highest BCUT2D eigenvalue weighted by Gasteiger charge is 2.44. The fourth-order valence-corrected chi connectivity index (χ4v) is 10.5. The van der Waals surface area contributed by atoms with E-state index >= 15 is 0 Å². The monoisotopic (exact) mass is 1240 g/mol. The molecular formula is C80H133NO8. The molecule has 1 aliphatic heterocycles. The van der Waals surface area contributed by atoms with Gasteiger partial charge in [0.1, 0.15) is 24.4 Å². The van der Waals surface area contributed by atoms with E-state index in [9.17, 15) is 30.3 Å². The summed E-state index contributed by atoms with van der Waals surface area (Å²) in [5, 5.41) is 54.7. The first-order chi connectivity index (χ1) is 43.8. The van der Waals surface area contributed by atoms with Crippen molar-refractivity contribution in [3.8, 4) is 0 Å². The molecular weight excluding hydrogens is 1100 g/mol. The summed E-state index contributed by atoms with van der Waals surface area (Å²) in [4.78, 5) is 13.1. The van der Waals surface area contributed by atoms with Crippen molar-refractivity contribution in [2.75, 3.05) is 13.2 Å². The third kappa shape index (κ3) is 55.2. The Bertz CT molecular complexity index is 1970. The highest BCUT2D eigenvalue weighted by Crippen LogP contribution is 2.23. The summed E-state index contributed by atoms with van der Waals surface area (Å²) >= 11 is 0. The number of aliphatic hydroxyl groups is 5. The number of nitrogens with one attached hydrogen (secondary N) is 1. The van der Waals surface area contributed by atoms with Crippen LogP contribution in [-0.4, -0.2) is 87.5 Å². The highest BCUT2D eigenvalue weighted by atomic mass is 16.7. The summed E-state index contributed by atoms with van der Waals surface area (Å²) < 4.78 is 11.3. The van der Waals surface area contributed by atoms with E-state index < -0.39 is 49.5 Å². The zero-order chi connectivity index (χ0) is 64.2. The Morgan fingerprint density at radius 3 is 1.08 bits per heavy atom. The second-order valence-corrected chi connectivity index (χ2v) is 24.3. The van der Waals surface area contributed by atoms with Crippen molar-refractivity contribution in [3.63, 3.8) is 0 Å². The van der Waals surface area contributed by atoms with Gasteiger partial charge in [-0.1, -0.05) is 313 Å². The van der Waals surface area contributed by atoms with Crippen LogP contribution in [0, 0.1) is 0 Å². The summed E-state index contributed by atoms with van der Waals surface area (Å²) in [6, 6.07) is -0.851. The van der Waals surface area contributed by atoms with Gasteiger partial charge in [-0.25, -0.2) is 0 Å². The van der Waals surface area contributed by atoms with Gasteiger partial charge in [-0.2, -0.15) is 0 Å². The Kier molecular flexibility index (Phi) is 62.1. The molecule has 1 rings (SSSR count). The molecule has 89 heavy (non-hydrogen) atoms. The van der Waals surface area contributed by atoms with E-state index in [0.29, 0.717) is 6.42 Å². The van der Waals surface area contributed by atoms with E-state index in [1.807, 2.05) is 6.08 Å². The predicted octanol–water partition coefficient (Wildman–Crippen LogP) is 20.3. The molecule has 0 aromatic rings. The van der Waals surface area contributed by atoms with E-state index in [1.165, 1.54) is 122 Å². The van der Waals surface area contributed by atoms with Gasteiger partial charge in [0.25, 0.3) is 0 Å². The molecule has 7 atom stereocenters.